The Morgan fingerprint density at radius 1 is 1.29 bits per heavy atom. The van der Waals surface area contributed by atoms with Crippen molar-refractivity contribution in [3.63, 3.8) is 0 Å². The number of para-hydroxylation sites is 2. The van der Waals surface area contributed by atoms with Crippen molar-refractivity contribution in [3.8, 4) is 5.75 Å². The number of aryl methyl sites for hydroxylation is 2. The number of carbonyl (C=O) groups is 2. The van der Waals surface area contributed by atoms with Gasteiger partial charge >= 0.3 is 0 Å². The molecular weight excluding hydrogens is 436 g/mol. The lowest BCUT2D eigenvalue weighted by Gasteiger charge is -2.12. The van der Waals surface area contributed by atoms with Gasteiger partial charge in [0.15, 0.2) is 0 Å². The second-order valence-electron chi connectivity index (χ2n) is 7.15. The topological polar surface area (TPSA) is 127 Å². The summed E-state index contributed by atoms with van der Waals surface area (Å²) in [5.74, 6) is 1.02. The molecule has 2 heterocycles. The van der Waals surface area contributed by atoms with Crippen LogP contribution in [0.1, 0.15) is 29.1 Å². The van der Waals surface area contributed by atoms with Gasteiger partial charge in [-0.25, -0.2) is 4.98 Å². The van der Waals surface area contributed by atoms with Crippen LogP contribution in [0.4, 0.5) is 5.69 Å². The highest BCUT2D eigenvalue weighted by molar-refractivity contribution is 7.99. The Morgan fingerprint density at radius 2 is 2.13 bits per heavy atom. The molecule has 1 aromatic carbocycles. The van der Waals surface area contributed by atoms with E-state index in [2.05, 4.69) is 15.3 Å². The van der Waals surface area contributed by atoms with Crippen LogP contribution in [0, 0.1) is 0 Å². The molecule has 0 fully saturated rings. The number of rotatable bonds is 9. The highest BCUT2D eigenvalue weighted by atomic mass is 32.2. The molecule has 0 spiro atoms. The predicted molar refractivity (Wildman–Crippen MR) is 123 cm³/mol. The van der Waals surface area contributed by atoms with Gasteiger partial charge in [0.1, 0.15) is 16.4 Å². The van der Waals surface area contributed by atoms with Crippen LogP contribution in [-0.4, -0.2) is 34.1 Å². The van der Waals surface area contributed by atoms with Crippen molar-refractivity contribution in [3.05, 3.63) is 50.9 Å². The minimum absolute atomic E-state index is 0.0912. The summed E-state index contributed by atoms with van der Waals surface area (Å²) in [7, 11) is 0. The third kappa shape index (κ3) is 5.08. The molecule has 0 atom stereocenters. The minimum Gasteiger partial charge on any atom is -0.491 e. The number of H-pyrrole nitrogens is 1. The molecule has 1 aliphatic carbocycles. The molecule has 0 saturated carbocycles. The maximum absolute atomic E-state index is 12.5. The Bertz CT molecular complexity index is 1190. The Balaban J connectivity index is 1.33. The average molecular weight is 459 g/mol. The molecule has 3 aromatic rings. The summed E-state index contributed by atoms with van der Waals surface area (Å²) in [6.45, 7) is 0.143. The van der Waals surface area contributed by atoms with Gasteiger partial charge in [0, 0.05) is 4.88 Å². The van der Waals surface area contributed by atoms with E-state index < -0.39 is 5.91 Å². The molecule has 0 bridgehead atoms. The van der Waals surface area contributed by atoms with Crippen LogP contribution in [0.15, 0.2) is 29.1 Å². The summed E-state index contributed by atoms with van der Waals surface area (Å²) < 4.78 is 5.53. The fourth-order valence-corrected chi connectivity index (χ4v) is 5.47. The number of thiophene rings is 1. The molecule has 1 aliphatic rings. The second-order valence-corrected chi connectivity index (χ2v) is 9.22. The van der Waals surface area contributed by atoms with Gasteiger partial charge in [0.05, 0.1) is 35.6 Å². The van der Waals surface area contributed by atoms with Gasteiger partial charge in [0.25, 0.3) is 5.56 Å². The Morgan fingerprint density at radius 3 is 2.97 bits per heavy atom. The fraction of sp³-hybridized carbons (Fsp3) is 0.333. The van der Waals surface area contributed by atoms with E-state index in [1.54, 1.807) is 35.6 Å². The zero-order valence-electron chi connectivity index (χ0n) is 16.7. The zero-order valence-corrected chi connectivity index (χ0v) is 18.4. The van der Waals surface area contributed by atoms with Crippen LogP contribution in [0.25, 0.3) is 10.2 Å². The first kappa shape index (κ1) is 21.4. The summed E-state index contributed by atoms with van der Waals surface area (Å²) in [4.78, 5) is 45.2. The number of nitrogens with zero attached hydrogens (tertiary/aromatic N) is 1. The monoisotopic (exact) mass is 458 g/mol. The molecule has 4 N–H and O–H groups in total. The standard InChI is InChI=1S/C21H22N4O4S2/c22-16(26)8-9-29-14-6-2-1-5-13(14)23-18(27)11-30-10-17-24-20(28)19-12-4-3-7-15(12)31-21(19)25-17/h1-2,5-6H,3-4,7-11H2,(H2,22,26)(H,23,27)(H,24,25,28). The third-order valence-electron chi connectivity index (χ3n) is 4.86. The molecule has 2 aromatic heterocycles. The third-order valence-corrected chi connectivity index (χ3v) is 6.99. The number of nitrogens with one attached hydrogen (secondary N) is 2. The quantitative estimate of drug-likeness (QED) is 0.452. The van der Waals surface area contributed by atoms with Gasteiger partial charge in [-0.2, -0.15) is 0 Å². The summed E-state index contributed by atoms with van der Waals surface area (Å²) in [5.41, 5.74) is 6.71. The van der Waals surface area contributed by atoms with Gasteiger partial charge in [-0.3, -0.25) is 14.4 Å². The smallest absolute Gasteiger partial charge is 0.259 e. The number of aromatic nitrogens is 2. The predicted octanol–water partition coefficient (Wildman–Crippen LogP) is 2.60. The number of fused-ring (bicyclic) bond motifs is 3. The summed E-state index contributed by atoms with van der Waals surface area (Å²) in [5, 5.41) is 3.54. The van der Waals surface area contributed by atoms with Crippen molar-refractivity contribution in [2.24, 2.45) is 5.73 Å². The molecule has 8 nitrogen and oxygen atoms in total. The second kappa shape index (κ2) is 9.52. The lowest BCUT2D eigenvalue weighted by molar-refractivity contribution is -0.118. The van der Waals surface area contributed by atoms with Crippen LogP contribution in [0.5, 0.6) is 5.75 Å². The number of ether oxygens (including phenoxy) is 1. The van der Waals surface area contributed by atoms with Crippen LogP contribution in [-0.2, 0) is 28.2 Å². The molecule has 0 aliphatic heterocycles. The van der Waals surface area contributed by atoms with Crippen LogP contribution < -0.4 is 21.3 Å². The van der Waals surface area contributed by atoms with Gasteiger partial charge in [0.2, 0.25) is 11.8 Å². The molecule has 10 heteroatoms. The van der Waals surface area contributed by atoms with E-state index in [-0.39, 0.29) is 30.2 Å². The van der Waals surface area contributed by atoms with Crippen molar-refractivity contribution in [2.45, 2.75) is 31.4 Å². The van der Waals surface area contributed by atoms with Crippen molar-refractivity contribution < 1.29 is 14.3 Å². The number of hydrogen-bond donors (Lipinski definition) is 3. The van der Waals surface area contributed by atoms with Gasteiger partial charge in [-0.1, -0.05) is 12.1 Å². The number of benzene rings is 1. The average Bonchev–Trinajstić information content (AvgIpc) is 3.30. The maximum atomic E-state index is 12.5. The number of primary amides is 1. The number of thioether (sulfide) groups is 1. The maximum Gasteiger partial charge on any atom is 0.259 e. The molecule has 4 rings (SSSR count). The number of amides is 2. The Hall–Kier alpha value is -2.85. The largest absolute Gasteiger partial charge is 0.491 e. The minimum atomic E-state index is -0.449. The van der Waals surface area contributed by atoms with Crippen molar-refractivity contribution >= 4 is 50.8 Å². The van der Waals surface area contributed by atoms with E-state index in [0.717, 1.165) is 35.0 Å². The molecule has 0 radical (unpaired) electrons. The zero-order chi connectivity index (χ0) is 21.8. The summed E-state index contributed by atoms with van der Waals surface area (Å²) in [6, 6.07) is 7.01. The van der Waals surface area contributed by atoms with Crippen LogP contribution in [0.3, 0.4) is 0 Å². The number of carbonyl (C=O) groups excluding carboxylic acids is 2. The summed E-state index contributed by atoms with van der Waals surface area (Å²) >= 11 is 2.97. The van der Waals surface area contributed by atoms with Crippen molar-refractivity contribution in [1.82, 2.24) is 9.97 Å². The first-order valence-corrected chi connectivity index (χ1v) is 11.9. The van der Waals surface area contributed by atoms with Crippen LogP contribution in [0.2, 0.25) is 0 Å². The number of anilines is 1. The Labute approximate surface area is 186 Å². The molecular formula is C21H22N4O4S2. The van der Waals surface area contributed by atoms with E-state index >= 15 is 0 Å². The van der Waals surface area contributed by atoms with Crippen molar-refractivity contribution in [1.29, 1.82) is 0 Å². The van der Waals surface area contributed by atoms with E-state index in [1.807, 2.05) is 0 Å². The molecule has 2 amide bonds. The first-order valence-electron chi connectivity index (χ1n) is 9.92. The highest BCUT2D eigenvalue weighted by Gasteiger charge is 2.21. The van der Waals surface area contributed by atoms with Crippen LogP contribution >= 0.6 is 23.1 Å². The first-order chi connectivity index (χ1) is 15.0. The lowest BCUT2D eigenvalue weighted by Crippen LogP contribution is -2.17. The lowest BCUT2D eigenvalue weighted by atomic mass is 10.2. The molecule has 162 valence electrons. The number of nitrogens with two attached hydrogens (primary N) is 1. The number of hydrogen-bond acceptors (Lipinski definition) is 7. The molecule has 31 heavy (non-hydrogen) atoms. The molecule has 0 saturated heterocycles. The number of aromatic amines is 1. The summed E-state index contributed by atoms with van der Waals surface area (Å²) in [6.07, 6.45) is 3.17. The van der Waals surface area contributed by atoms with E-state index in [0.29, 0.717) is 23.0 Å². The van der Waals surface area contributed by atoms with E-state index in [4.69, 9.17) is 10.5 Å². The highest BCUT2D eigenvalue weighted by Crippen LogP contribution is 2.34. The van der Waals surface area contributed by atoms with Gasteiger partial charge in [-0.15, -0.1) is 23.1 Å². The molecule has 0 unspecified atom stereocenters. The normalized spacial score (nSPS) is 12.6. The van der Waals surface area contributed by atoms with Gasteiger partial charge < -0.3 is 20.8 Å². The van der Waals surface area contributed by atoms with E-state index in [9.17, 15) is 14.4 Å². The fourth-order valence-electron chi connectivity index (χ4n) is 3.50. The van der Waals surface area contributed by atoms with Gasteiger partial charge in [-0.05, 0) is 37.0 Å². The Kier molecular flexibility index (Phi) is 6.57. The van der Waals surface area contributed by atoms with Crippen molar-refractivity contribution in [2.75, 3.05) is 17.7 Å². The SMILES string of the molecule is NC(=O)CCOc1ccccc1NC(=O)CSCc1nc2sc3c(c2c(=O)[nH]1)CCC3. The van der Waals surface area contributed by atoms with E-state index in [1.165, 1.54) is 16.6 Å².